The number of hydrogen-bond acceptors (Lipinski definition) is 4. The summed E-state index contributed by atoms with van der Waals surface area (Å²) in [5.41, 5.74) is 0.627. The predicted octanol–water partition coefficient (Wildman–Crippen LogP) is 1.96. The molecule has 0 amide bonds. The highest BCUT2D eigenvalue weighted by molar-refractivity contribution is 7.89. The van der Waals surface area contributed by atoms with Crippen LogP contribution in [0.5, 0.6) is 0 Å². The molecule has 1 heterocycles. The Balaban J connectivity index is 2.17. The zero-order chi connectivity index (χ0) is 14.6. The molecule has 0 saturated carbocycles. The summed E-state index contributed by atoms with van der Waals surface area (Å²) in [5, 5.41) is 3.07. The van der Waals surface area contributed by atoms with Gasteiger partial charge in [-0.15, -0.1) is 0 Å². The first-order valence-corrected chi connectivity index (χ1v) is 8.49. The highest BCUT2D eigenvalue weighted by Gasteiger charge is 2.27. The minimum absolute atomic E-state index is 0.0314. The maximum atomic E-state index is 12.5. The van der Waals surface area contributed by atoms with Gasteiger partial charge in [0.25, 0.3) is 0 Å². The molecular weight excluding hydrogens is 276 g/mol. The van der Waals surface area contributed by atoms with Crippen molar-refractivity contribution in [3.05, 3.63) is 24.3 Å². The number of rotatable bonds is 6. The van der Waals surface area contributed by atoms with Crippen LogP contribution in [0.15, 0.2) is 29.2 Å². The molecule has 0 spiro atoms. The number of sulfonamides is 1. The third-order valence-corrected chi connectivity index (χ3v) is 5.02. The van der Waals surface area contributed by atoms with E-state index in [0.29, 0.717) is 18.8 Å². The summed E-state index contributed by atoms with van der Waals surface area (Å²) in [4.78, 5) is 0.284. The fourth-order valence-electron chi connectivity index (χ4n) is 2.42. The van der Waals surface area contributed by atoms with Gasteiger partial charge in [0.15, 0.2) is 0 Å². The van der Waals surface area contributed by atoms with Gasteiger partial charge in [-0.1, -0.05) is 12.1 Å². The molecule has 1 aliphatic rings. The van der Waals surface area contributed by atoms with E-state index in [1.807, 2.05) is 19.9 Å². The van der Waals surface area contributed by atoms with Crippen LogP contribution in [0.1, 0.15) is 26.7 Å². The molecule has 112 valence electrons. The lowest BCUT2D eigenvalue weighted by atomic mass is 10.1. The summed E-state index contributed by atoms with van der Waals surface area (Å²) in [6, 6.07) is 6.71. The van der Waals surface area contributed by atoms with Gasteiger partial charge in [0, 0.05) is 19.2 Å². The van der Waals surface area contributed by atoms with Crippen LogP contribution in [-0.4, -0.2) is 33.7 Å². The largest absolute Gasteiger partial charge is 0.384 e. The molecule has 2 N–H and O–H groups in total. The summed E-state index contributed by atoms with van der Waals surface area (Å²) >= 11 is 0. The van der Waals surface area contributed by atoms with Crippen LogP contribution in [0.4, 0.5) is 5.69 Å². The fourth-order valence-corrected chi connectivity index (χ4v) is 3.87. The van der Waals surface area contributed by atoms with Gasteiger partial charge in [-0.3, -0.25) is 0 Å². The Labute approximate surface area is 120 Å². The highest BCUT2D eigenvalue weighted by atomic mass is 32.2. The molecule has 0 radical (unpaired) electrons. The molecule has 20 heavy (non-hydrogen) atoms. The first-order chi connectivity index (χ1) is 9.54. The Bertz CT molecular complexity index is 539. The Hall–Kier alpha value is -1.11. The quantitative estimate of drug-likeness (QED) is 0.842. The van der Waals surface area contributed by atoms with Crippen LogP contribution in [-0.2, 0) is 14.8 Å². The maximum absolute atomic E-state index is 12.5. The second-order valence-electron chi connectivity index (χ2n) is 4.99. The SMILES string of the molecule is CCNc1ccccc1S(=O)(=O)NC(C)C1CCCO1. The number of para-hydroxylation sites is 1. The van der Waals surface area contributed by atoms with Gasteiger partial charge in [-0.25, -0.2) is 13.1 Å². The van der Waals surface area contributed by atoms with Crippen molar-refractivity contribution in [3.63, 3.8) is 0 Å². The Kier molecular flexibility index (Phi) is 5.01. The van der Waals surface area contributed by atoms with Gasteiger partial charge < -0.3 is 10.1 Å². The van der Waals surface area contributed by atoms with Crippen molar-refractivity contribution < 1.29 is 13.2 Å². The van der Waals surface area contributed by atoms with Crippen molar-refractivity contribution in [1.82, 2.24) is 4.72 Å². The molecule has 2 atom stereocenters. The molecule has 2 rings (SSSR count). The van der Waals surface area contributed by atoms with Crippen molar-refractivity contribution in [2.45, 2.75) is 43.7 Å². The van der Waals surface area contributed by atoms with E-state index in [1.54, 1.807) is 18.2 Å². The van der Waals surface area contributed by atoms with Crippen molar-refractivity contribution in [2.24, 2.45) is 0 Å². The lowest BCUT2D eigenvalue weighted by molar-refractivity contribution is 0.0902. The summed E-state index contributed by atoms with van der Waals surface area (Å²) in [6.45, 7) is 5.17. The number of ether oxygens (including phenoxy) is 1. The minimum Gasteiger partial charge on any atom is -0.384 e. The number of hydrogen-bond donors (Lipinski definition) is 2. The molecule has 2 unspecified atom stereocenters. The third kappa shape index (κ3) is 3.50. The smallest absolute Gasteiger partial charge is 0.242 e. The van der Waals surface area contributed by atoms with E-state index in [1.165, 1.54) is 0 Å². The molecule has 5 nitrogen and oxygen atoms in total. The van der Waals surface area contributed by atoms with Crippen molar-refractivity contribution in [2.75, 3.05) is 18.5 Å². The zero-order valence-corrected chi connectivity index (χ0v) is 12.7. The van der Waals surface area contributed by atoms with E-state index in [2.05, 4.69) is 10.0 Å². The second kappa shape index (κ2) is 6.56. The van der Waals surface area contributed by atoms with E-state index >= 15 is 0 Å². The van der Waals surface area contributed by atoms with E-state index in [-0.39, 0.29) is 17.0 Å². The maximum Gasteiger partial charge on any atom is 0.242 e. The van der Waals surface area contributed by atoms with E-state index in [0.717, 1.165) is 12.8 Å². The molecular formula is C14H22N2O3S. The van der Waals surface area contributed by atoms with Gasteiger partial charge in [0.2, 0.25) is 10.0 Å². The summed E-state index contributed by atoms with van der Waals surface area (Å²) in [6.07, 6.45) is 1.86. The first kappa shape index (κ1) is 15.3. The first-order valence-electron chi connectivity index (χ1n) is 7.01. The summed E-state index contributed by atoms with van der Waals surface area (Å²) < 4.78 is 33.2. The number of nitrogens with one attached hydrogen (secondary N) is 2. The molecule has 0 aliphatic carbocycles. The van der Waals surface area contributed by atoms with Gasteiger partial charge in [0.1, 0.15) is 4.90 Å². The monoisotopic (exact) mass is 298 g/mol. The molecule has 1 aromatic rings. The lowest BCUT2D eigenvalue weighted by Gasteiger charge is -2.21. The van der Waals surface area contributed by atoms with Crippen LogP contribution in [0.25, 0.3) is 0 Å². The van der Waals surface area contributed by atoms with Crippen molar-refractivity contribution in [3.8, 4) is 0 Å². The van der Waals surface area contributed by atoms with Gasteiger partial charge in [-0.2, -0.15) is 0 Å². The second-order valence-corrected chi connectivity index (χ2v) is 6.67. The molecule has 0 aromatic heterocycles. The molecule has 1 aromatic carbocycles. The van der Waals surface area contributed by atoms with Crippen LogP contribution in [0, 0.1) is 0 Å². The Morgan fingerprint density at radius 2 is 2.15 bits per heavy atom. The average molecular weight is 298 g/mol. The molecule has 0 bridgehead atoms. The topological polar surface area (TPSA) is 67.4 Å². The normalized spacial score (nSPS) is 20.8. The van der Waals surface area contributed by atoms with Crippen LogP contribution >= 0.6 is 0 Å². The Morgan fingerprint density at radius 1 is 1.40 bits per heavy atom. The van der Waals surface area contributed by atoms with Crippen molar-refractivity contribution in [1.29, 1.82) is 0 Å². The minimum atomic E-state index is -3.54. The fraction of sp³-hybridized carbons (Fsp3) is 0.571. The van der Waals surface area contributed by atoms with Gasteiger partial charge in [0.05, 0.1) is 11.8 Å². The molecule has 1 saturated heterocycles. The zero-order valence-electron chi connectivity index (χ0n) is 11.9. The van der Waals surface area contributed by atoms with Crippen molar-refractivity contribution >= 4 is 15.7 Å². The Morgan fingerprint density at radius 3 is 2.80 bits per heavy atom. The van der Waals surface area contributed by atoms with E-state index in [4.69, 9.17) is 4.74 Å². The summed E-state index contributed by atoms with van der Waals surface area (Å²) in [7, 11) is -3.54. The standard InChI is InChI=1S/C14H22N2O3S/c1-3-15-12-7-4-5-9-14(12)20(17,18)16-11(2)13-8-6-10-19-13/h4-5,7,9,11,13,15-16H,3,6,8,10H2,1-2H3. The predicted molar refractivity (Wildman–Crippen MR) is 79.4 cm³/mol. The van der Waals surface area contributed by atoms with Crippen LogP contribution < -0.4 is 10.0 Å². The molecule has 1 fully saturated rings. The van der Waals surface area contributed by atoms with Gasteiger partial charge in [-0.05, 0) is 38.8 Å². The summed E-state index contributed by atoms with van der Waals surface area (Å²) in [5.74, 6) is 0. The van der Waals surface area contributed by atoms with Gasteiger partial charge >= 0.3 is 0 Å². The highest BCUT2D eigenvalue weighted by Crippen LogP contribution is 2.22. The lowest BCUT2D eigenvalue weighted by Crippen LogP contribution is -2.40. The third-order valence-electron chi connectivity index (χ3n) is 3.41. The average Bonchev–Trinajstić information content (AvgIpc) is 2.93. The van der Waals surface area contributed by atoms with Crippen LogP contribution in [0.3, 0.4) is 0 Å². The molecule has 1 aliphatic heterocycles. The number of anilines is 1. The molecule has 6 heteroatoms. The van der Waals surface area contributed by atoms with Crippen LogP contribution in [0.2, 0.25) is 0 Å². The van der Waals surface area contributed by atoms with E-state index < -0.39 is 10.0 Å². The number of benzene rings is 1. The van der Waals surface area contributed by atoms with E-state index in [9.17, 15) is 8.42 Å².